The number of para-hydroxylation sites is 1. The Morgan fingerprint density at radius 3 is 2.27 bits per heavy atom. The fourth-order valence-electron chi connectivity index (χ4n) is 1.92. The van der Waals surface area contributed by atoms with Gasteiger partial charge in [0.2, 0.25) is 5.78 Å². The van der Waals surface area contributed by atoms with E-state index >= 15 is 0 Å². The molecule has 0 heterocycles. The van der Waals surface area contributed by atoms with Crippen LogP contribution in [0.2, 0.25) is 0 Å². The predicted molar refractivity (Wildman–Crippen MR) is 85.1 cm³/mol. The molecule has 0 radical (unpaired) electrons. The maximum atomic E-state index is 12.1. The highest BCUT2D eigenvalue weighted by molar-refractivity contribution is 6.42. The van der Waals surface area contributed by atoms with E-state index in [0.717, 1.165) is 11.3 Å². The zero-order valence-electron chi connectivity index (χ0n) is 12.8. The minimum atomic E-state index is -0.527. The maximum Gasteiger partial charge on any atom is 0.294 e. The molecule has 0 saturated heterocycles. The van der Waals surface area contributed by atoms with E-state index in [9.17, 15) is 9.59 Å². The number of ketones is 1. The molecule has 2 aromatic rings. The van der Waals surface area contributed by atoms with E-state index in [1.807, 2.05) is 49.4 Å². The zero-order valence-corrected chi connectivity index (χ0v) is 12.8. The number of amides is 1. The van der Waals surface area contributed by atoms with Crippen LogP contribution in [0.3, 0.4) is 0 Å². The van der Waals surface area contributed by atoms with Crippen LogP contribution in [0.1, 0.15) is 15.9 Å². The van der Waals surface area contributed by atoms with E-state index in [0.29, 0.717) is 18.7 Å². The van der Waals surface area contributed by atoms with E-state index in [-0.39, 0.29) is 0 Å². The van der Waals surface area contributed by atoms with Crippen molar-refractivity contribution < 1.29 is 14.3 Å². The fourth-order valence-corrected chi connectivity index (χ4v) is 1.92. The maximum absolute atomic E-state index is 12.1. The standard InChI is InChI=1S/C18H19NO3/c1-14-8-10-15(11-9-14)17(20)18(21)19(2)12-13-22-16-6-4-3-5-7-16/h3-11H,12-13H2,1-2H3. The average Bonchev–Trinajstić information content (AvgIpc) is 2.55. The molecule has 2 aromatic carbocycles. The van der Waals surface area contributed by atoms with Crippen molar-refractivity contribution >= 4 is 11.7 Å². The number of nitrogens with zero attached hydrogens (tertiary/aromatic N) is 1. The van der Waals surface area contributed by atoms with Crippen LogP contribution in [0, 0.1) is 6.92 Å². The van der Waals surface area contributed by atoms with Gasteiger partial charge in [-0.2, -0.15) is 0 Å². The molecular weight excluding hydrogens is 278 g/mol. The minimum Gasteiger partial charge on any atom is -0.492 e. The molecule has 0 bridgehead atoms. The second-order valence-electron chi connectivity index (χ2n) is 5.08. The number of likely N-dealkylation sites (N-methyl/N-ethyl adjacent to an activating group) is 1. The van der Waals surface area contributed by atoms with E-state index in [2.05, 4.69) is 0 Å². The summed E-state index contributed by atoms with van der Waals surface area (Å²) in [7, 11) is 1.60. The summed E-state index contributed by atoms with van der Waals surface area (Å²) in [5.41, 5.74) is 1.46. The third-order valence-corrected chi connectivity index (χ3v) is 3.29. The van der Waals surface area contributed by atoms with Crippen molar-refractivity contribution in [2.75, 3.05) is 20.2 Å². The minimum absolute atomic E-state index is 0.341. The lowest BCUT2D eigenvalue weighted by Gasteiger charge is -2.16. The lowest BCUT2D eigenvalue weighted by molar-refractivity contribution is -0.125. The summed E-state index contributed by atoms with van der Waals surface area (Å²) in [6.45, 7) is 2.63. The zero-order chi connectivity index (χ0) is 15.9. The quantitative estimate of drug-likeness (QED) is 0.608. The van der Waals surface area contributed by atoms with Gasteiger partial charge in [0.1, 0.15) is 12.4 Å². The summed E-state index contributed by atoms with van der Waals surface area (Å²) in [5, 5.41) is 0. The van der Waals surface area contributed by atoms with Crippen LogP contribution < -0.4 is 4.74 Å². The molecule has 22 heavy (non-hydrogen) atoms. The first-order valence-electron chi connectivity index (χ1n) is 7.12. The number of carbonyl (C=O) groups is 2. The molecule has 1 amide bonds. The van der Waals surface area contributed by atoms with Crippen LogP contribution in [0.25, 0.3) is 0 Å². The van der Waals surface area contributed by atoms with Crippen molar-refractivity contribution in [1.29, 1.82) is 0 Å². The molecule has 2 rings (SSSR count). The van der Waals surface area contributed by atoms with Crippen LogP contribution in [-0.4, -0.2) is 36.8 Å². The first-order valence-corrected chi connectivity index (χ1v) is 7.12. The Balaban J connectivity index is 1.86. The fraction of sp³-hybridized carbons (Fsp3) is 0.222. The molecular formula is C18H19NO3. The van der Waals surface area contributed by atoms with Crippen molar-refractivity contribution in [2.45, 2.75) is 6.92 Å². The van der Waals surface area contributed by atoms with Crippen molar-refractivity contribution in [2.24, 2.45) is 0 Å². The molecule has 0 fully saturated rings. The van der Waals surface area contributed by atoms with Crippen LogP contribution in [0.15, 0.2) is 54.6 Å². The topological polar surface area (TPSA) is 46.6 Å². The second kappa shape index (κ2) is 7.41. The third-order valence-electron chi connectivity index (χ3n) is 3.29. The van der Waals surface area contributed by atoms with Gasteiger partial charge in [0.25, 0.3) is 5.91 Å². The van der Waals surface area contributed by atoms with Gasteiger partial charge in [-0.25, -0.2) is 0 Å². The Bertz CT molecular complexity index is 635. The Hall–Kier alpha value is -2.62. The summed E-state index contributed by atoms with van der Waals surface area (Å²) in [6, 6.07) is 16.3. The number of hydrogen-bond acceptors (Lipinski definition) is 3. The largest absolute Gasteiger partial charge is 0.492 e. The first kappa shape index (κ1) is 15.8. The first-order chi connectivity index (χ1) is 10.6. The summed E-state index contributed by atoms with van der Waals surface area (Å²) in [4.78, 5) is 25.6. The summed E-state index contributed by atoms with van der Waals surface area (Å²) in [6.07, 6.45) is 0. The van der Waals surface area contributed by atoms with Gasteiger partial charge in [0, 0.05) is 12.6 Å². The monoisotopic (exact) mass is 297 g/mol. The van der Waals surface area contributed by atoms with Gasteiger partial charge >= 0.3 is 0 Å². The number of aryl methyl sites for hydroxylation is 1. The molecule has 0 N–H and O–H groups in total. The third kappa shape index (κ3) is 4.19. The van der Waals surface area contributed by atoms with Crippen molar-refractivity contribution in [3.05, 3.63) is 65.7 Å². The van der Waals surface area contributed by atoms with Gasteiger partial charge in [0.15, 0.2) is 0 Å². The van der Waals surface area contributed by atoms with Crippen LogP contribution >= 0.6 is 0 Å². The number of ether oxygens (including phenoxy) is 1. The molecule has 0 aromatic heterocycles. The normalized spacial score (nSPS) is 10.1. The van der Waals surface area contributed by atoms with Crippen molar-refractivity contribution in [1.82, 2.24) is 4.90 Å². The van der Waals surface area contributed by atoms with Gasteiger partial charge in [-0.15, -0.1) is 0 Å². The SMILES string of the molecule is Cc1ccc(C(=O)C(=O)N(C)CCOc2ccccc2)cc1. The van der Waals surface area contributed by atoms with Crippen molar-refractivity contribution in [3.8, 4) is 5.75 Å². The molecule has 4 nitrogen and oxygen atoms in total. The molecule has 0 unspecified atom stereocenters. The molecule has 0 aliphatic carbocycles. The van der Waals surface area contributed by atoms with E-state index in [1.54, 1.807) is 19.2 Å². The van der Waals surface area contributed by atoms with Gasteiger partial charge in [-0.3, -0.25) is 9.59 Å². The molecule has 0 atom stereocenters. The number of Topliss-reactive ketones (excluding diaryl/α,β-unsaturated/α-hetero) is 1. The Morgan fingerprint density at radius 2 is 1.64 bits per heavy atom. The second-order valence-corrected chi connectivity index (χ2v) is 5.08. The highest BCUT2D eigenvalue weighted by atomic mass is 16.5. The highest BCUT2D eigenvalue weighted by Gasteiger charge is 2.20. The van der Waals surface area contributed by atoms with E-state index in [4.69, 9.17) is 4.74 Å². The lowest BCUT2D eigenvalue weighted by atomic mass is 10.1. The van der Waals surface area contributed by atoms with Crippen LogP contribution in [-0.2, 0) is 4.79 Å². The highest BCUT2D eigenvalue weighted by Crippen LogP contribution is 2.08. The van der Waals surface area contributed by atoms with E-state index in [1.165, 1.54) is 4.90 Å². The van der Waals surface area contributed by atoms with Gasteiger partial charge < -0.3 is 9.64 Å². The number of carbonyl (C=O) groups excluding carboxylic acids is 2. The Kier molecular flexibility index (Phi) is 5.31. The molecule has 0 aliphatic rings. The predicted octanol–water partition coefficient (Wildman–Crippen LogP) is 2.72. The van der Waals surface area contributed by atoms with E-state index < -0.39 is 11.7 Å². The summed E-state index contributed by atoms with van der Waals surface area (Å²) >= 11 is 0. The Labute approximate surface area is 130 Å². The van der Waals surface area contributed by atoms with Gasteiger partial charge in [-0.1, -0.05) is 48.0 Å². The molecule has 0 spiro atoms. The summed E-state index contributed by atoms with van der Waals surface area (Å²) < 4.78 is 5.52. The van der Waals surface area contributed by atoms with Crippen LogP contribution in [0.5, 0.6) is 5.75 Å². The Morgan fingerprint density at radius 1 is 1.00 bits per heavy atom. The van der Waals surface area contributed by atoms with Gasteiger partial charge in [-0.05, 0) is 19.1 Å². The smallest absolute Gasteiger partial charge is 0.294 e. The summed E-state index contributed by atoms with van der Waals surface area (Å²) in [5.74, 6) is -0.282. The number of benzene rings is 2. The molecule has 0 aliphatic heterocycles. The van der Waals surface area contributed by atoms with Gasteiger partial charge in [0.05, 0.1) is 6.54 Å². The van der Waals surface area contributed by atoms with Crippen molar-refractivity contribution in [3.63, 3.8) is 0 Å². The lowest BCUT2D eigenvalue weighted by Crippen LogP contribution is -2.36. The number of rotatable bonds is 6. The molecule has 114 valence electrons. The van der Waals surface area contributed by atoms with Crippen LogP contribution in [0.4, 0.5) is 0 Å². The number of hydrogen-bond donors (Lipinski definition) is 0. The molecule has 4 heteroatoms. The molecule has 0 saturated carbocycles. The average molecular weight is 297 g/mol.